The highest BCUT2D eigenvalue weighted by atomic mass is 16.6. The maximum atomic E-state index is 6.65. The number of benzene rings is 8. The zero-order valence-electron chi connectivity index (χ0n) is 73.0. The number of pyridine rings is 4. The quantitative estimate of drug-likeness (QED) is 0.0334. The van der Waals surface area contributed by atoms with E-state index in [-0.39, 0.29) is 52.9 Å². The first-order valence-corrected chi connectivity index (χ1v) is 44.3. The molecular weight excluding hydrogens is 1690 g/mol. The van der Waals surface area contributed by atoms with Crippen LogP contribution in [0.25, 0.3) is 133 Å². The Bertz CT molecular complexity index is 6070. The molecule has 0 unspecified atom stereocenters. The number of ether oxygens (including phenoxy) is 20. The van der Waals surface area contributed by atoms with Gasteiger partial charge in [0.25, 0.3) is 0 Å². The molecule has 2 aliphatic rings. The van der Waals surface area contributed by atoms with E-state index in [1.54, 1.807) is 24.8 Å². The van der Waals surface area contributed by atoms with Gasteiger partial charge in [-0.15, -0.1) is 0 Å². The van der Waals surface area contributed by atoms with E-state index in [9.17, 15) is 0 Å². The molecule has 8 bridgehead atoms. The molecular formula is C100H102N12O20. The Hall–Kier alpha value is -13.3. The van der Waals surface area contributed by atoms with Gasteiger partial charge in [0.15, 0.2) is 23.3 Å². The van der Waals surface area contributed by atoms with Crippen LogP contribution in [0.3, 0.4) is 0 Å². The Kier molecular flexibility index (Phi) is 33.0. The first kappa shape index (κ1) is 90.6. The molecule has 9 heterocycles. The van der Waals surface area contributed by atoms with Gasteiger partial charge in [-0.05, 0) is 72.8 Å². The number of nitrogens with one attached hydrogen (secondary N) is 2. The van der Waals surface area contributed by atoms with Gasteiger partial charge in [-0.25, -0.2) is 29.9 Å². The van der Waals surface area contributed by atoms with Crippen LogP contribution >= 0.6 is 0 Å². The molecule has 682 valence electrons. The highest BCUT2D eigenvalue weighted by Gasteiger charge is 2.29. The van der Waals surface area contributed by atoms with Gasteiger partial charge < -0.3 is 105 Å². The zero-order chi connectivity index (χ0) is 89.2. The standard InChI is InChI=1S/C100H102N12O20/c1-13-69-17-9-33-101-89(69)81(29-1)129-65-57-121-49-41-113-37-45-117-53-61-125-77-25-5-21-73-85(77)97-105-93(73)110-98-87-75(23-7-27-79(87)127-63-55-119-47-39-115-43-51-123-59-67-131-83-31-3-15-71-19-11-35-103-91(71)83)95(107-98)112-100-88-76(24-8-28-80(88)128-64-56-120-48-40-116-44-52-124-60-68-132-84-32-4-16-72-20-12-36-104-92(72)84)96(108-100)111-99-86-74(94(106-99)109-97)22-6-26-78(86)126-62-54-118-46-38-114-42-50-122-58-66-130-82-30-2-14-70-18-10-34-102-90(70)82/h1-36H,37-68H2,(H2,105,106,107,108,109,110,111,112). The van der Waals surface area contributed by atoms with Crippen molar-refractivity contribution in [2.24, 2.45) is 0 Å². The fourth-order valence-corrected chi connectivity index (χ4v) is 15.0. The third-order valence-electron chi connectivity index (χ3n) is 21.0. The smallest absolute Gasteiger partial charge is 0.168 e. The Morgan fingerprint density at radius 2 is 0.394 bits per heavy atom. The molecule has 0 radical (unpaired) electrons. The SMILES string of the molecule is c1cc(OCCOCCOCCOCCOc2cccc3cccnc23)c2c(c1)-c1nc-2nc2[nH]c(nc3nc(nc4[nH]c(n1)c1c(OCCOCCOCCOCCOc5cccc6cccnc56)cccc41)-c1c(OCCOCCOCCOCCOc4cccc5cccnc45)cccc1-3)c1c(OCCOCCOCCOCCOc3cccc4cccnc34)cccc21. The molecule has 0 saturated heterocycles. The number of H-pyrrole nitrogens is 2. The minimum absolute atomic E-state index is 0.178. The summed E-state index contributed by atoms with van der Waals surface area (Å²) in [6, 6.07) is 62.0. The van der Waals surface area contributed by atoms with Crippen molar-refractivity contribution in [2.75, 3.05) is 211 Å². The van der Waals surface area contributed by atoms with Crippen molar-refractivity contribution in [1.29, 1.82) is 0 Å². The van der Waals surface area contributed by atoms with E-state index in [4.69, 9.17) is 125 Å². The Labute approximate surface area is 760 Å². The van der Waals surface area contributed by atoms with Crippen LogP contribution in [0.2, 0.25) is 0 Å². The van der Waals surface area contributed by atoms with Crippen LogP contribution in [0.1, 0.15) is 0 Å². The lowest BCUT2D eigenvalue weighted by Crippen LogP contribution is -2.14. The monoisotopic (exact) mass is 1790 g/mol. The van der Waals surface area contributed by atoms with E-state index in [1.165, 1.54) is 0 Å². The fraction of sp³-hybridized carbons (Fsp3) is 0.320. The van der Waals surface area contributed by atoms with E-state index in [2.05, 4.69) is 29.9 Å². The fourth-order valence-electron chi connectivity index (χ4n) is 15.0. The molecule has 32 heteroatoms. The van der Waals surface area contributed by atoms with Gasteiger partial charge in [-0.2, -0.15) is 0 Å². The van der Waals surface area contributed by atoms with E-state index in [0.29, 0.717) is 294 Å². The summed E-state index contributed by atoms with van der Waals surface area (Å²) in [5.41, 5.74) is 7.30. The second-order valence-electron chi connectivity index (χ2n) is 29.8. The minimum atomic E-state index is 0.178. The van der Waals surface area contributed by atoms with Gasteiger partial charge in [0.05, 0.1) is 180 Å². The topological polar surface area (TPSA) is 345 Å². The second kappa shape index (κ2) is 48.0. The molecule has 0 fully saturated rings. The molecule has 2 N–H and O–H groups in total. The molecule has 15 aromatic rings. The van der Waals surface area contributed by atoms with E-state index in [1.807, 2.05) is 194 Å². The molecule has 132 heavy (non-hydrogen) atoms. The lowest BCUT2D eigenvalue weighted by atomic mass is 10.1. The molecule has 17 rings (SSSR count). The average molecular weight is 1790 g/mol. The van der Waals surface area contributed by atoms with E-state index >= 15 is 0 Å². The number of para-hydroxylation sites is 4. The number of aromatic nitrogens is 12. The summed E-state index contributed by atoms with van der Waals surface area (Å²) in [6.45, 7) is 10.5. The van der Waals surface area contributed by atoms with Crippen LogP contribution in [0.5, 0.6) is 46.0 Å². The summed E-state index contributed by atoms with van der Waals surface area (Å²) in [4.78, 5) is 57.3. The van der Waals surface area contributed by atoms with Gasteiger partial charge in [0.1, 0.15) is 144 Å². The first-order valence-electron chi connectivity index (χ1n) is 44.3. The predicted molar refractivity (Wildman–Crippen MR) is 497 cm³/mol. The van der Waals surface area contributed by atoms with Crippen LogP contribution in [0.15, 0.2) is 219 Å². The maximum Gasteiger partial charge on any atom is 0.168 e. The zero-order valence-corrected chi connectivity index (χ0v) is 73.0. The number of hydrogen-bond acceptors (Lipinski definition) is 30. The molecule has 0 atom stereocenters. The number of nitrogens with zero attached hydrogens (tertiary/aromatic N) is 10. The molecule has 0 aliphatic carbocycles. The molecule has 7 aromatic heterocycles. The Morgan fingerprint density at radius 1 is 0.182 bits per heavy atom. The summed E-state index contributed by atoms with van der Waals surface area (Å²) in [6.07, 6.45) is 7.02. The molecule has 0 saturated carbocycles. The third-order valence-corrected chi connectivity index (χ3v) is 21.0. The normalized spacial score (nSPS) is 11.8. The molecule has 32 nitrogen and oxygen atoms in total. The number of hydrogen-bond donors (Lipinski definition) is 2. The van der Waals surface area contributed by atoms with Gasteiger partial charge in [-0.3, -0.25) is 19.9 Å². The largest absolute Gasteiger partial charge is 0.490 e. The highest BCUT2D eigenvalue weighted by molar-refractivity contribution is 6.10. The summed E-state index contributed by atoms with van der Waals surface area (Å²) < 4.78 is 121. The van der Waals surface area contributed by atoms with Crippen molar-refractivity contribution in [3.63, 3.8) is 0 Å². The molecule has 0 amide bonds. The van der Waals surface area contributed by atoms with Crippen LogP contribution in [0, 0.1) is 0 Å². The van der Waals surface area contributed by atoms with E-state index in [0.717, 1.165) is 43.6 Å². The number of rotatable bonds is 56. The third kappa shape index (κ3) is 24.1. The van der Waals surface area contributed by atoms with Gasteiger partial charge in [-0.1, -0.05) is 121 Å². The number of fused-ring (bicyclic) bond motifs is 24. The average Bonchev–Trinajstić information content (AvgIpc) is 1.59. The van der Waals surface area contributed by atoms with Crippen LogP contribution in [0.4, 0.5) is 0 Å². The van der Waals surface area contributed by atoms with Gasteiger partial charge in [0, 0.05) is 68.2 Å². The van der Waals surface area contributed by atoms with Crippen molar-refractivity contribution in [3.8, 4) is 91.5 Å². The van der Waals surface area contributed by atoms with Crippen LogP contribution < -0.4 is 37.9 Å². The van der Waals surface area contributed by atoms with Crippen molar-refractivity contribution >= 4 is 87.7 Å². The lowest BCUT2D eigenvalue weighted by molar-refractivity contribution is 0.00507. The summed E-state index contributed by atoms with van der Waals surface area (Å²) in [5.74, 6) is 6.10. The van der Waals surface area contributed by atoms with Crippen molar-refractivity contribution in [3.05, 3.63) is 219 Å². The lowest BCUT2D eigenvalue weighted by Gasteiger charge is -2.11. The second-order valence-corrected chi connectivity index (χ2v) is 29.8. The Morgan fingerprint density at radius 3 is 0.674 bits per heavy atom. The van der Waals surface area contributed by atoms with Gasteiger partial charge >= 0.3 is 0 Å². The van der Waals surface area contributed by atoms with Crippen molar-refractivity contribution < 1.29 is 94.7 Å². The predicted octanol–water partition coefficient (Wildman–Crippen LogP) is 15.1. The van der Waals surface area contributed by atoms with Gasteiger partial charge in [0.2, 0.25) is 0 Å². The molecule has 0 spiro atoms. The van der Waals surface area contributed by atoms with Crippen LogP contribution in [-0.4, -0.2) is 271 Å². The molecule has 8 aromatic carbocycles. The maximum absolute atomic E-state index is 6.65. The highest BCUT2D eigenvalue weighted by Crippen LogP contribution is 2.45. The van der Waals surface area contributed by atoms with E-state index < -0.39 is 0 Å². The Balaban J connectivity index is 0.590. The van der Waals surface area contributed by atoms with Crippen molar-refractivity contribution in [2.45, 2.75) is 0 Å². The van der Waals surface area contributed by atoms with Crippen LogP contribution in [-0.2, 0) is 56.8 Å². The minimum Gasteiger partial charge on any atom is -0.490 e. The summed E-state index contributed by atoms with van der Waals surface area (Å²) >= 11 is 0. The summed E-state index contributed by atoms with van der Waals surface area (Å²) in [7, 11) is 0. The van der Waals surface area contributed by atoms with Crippen molar-refractivity contribution in [1.82, 2.24) is 59.8 Å². The summed E-state index contributed by atoms with van der Waals surface area (Å²) in [5, 5.41) is 6.61. The number of aromatic amines is 2. The first-order chi connectivity index (χ1) is 65.6. The molecule has 2 aliphatic heterocycles.